The molecule has 18 heavy (non-hydrogen) atoms. The van der Waals surface area contributed by atoms with Crippen molar-refractivity contribution in [1.29, 1.82) is 0 Å². The van der Waals surface area contributed by atoms with Crippen LogP contribution in [-0.4, -0.2) is 24.2 Å². The summed E-state index contributed by atoms with van der Waals surface area (Å²) in [6.45, 7) is 2.70. The lowest BCUT2D eigenvalue weighted by Gasteiger charge is -2.22. The smallest absolute Gasteiger partial charge is 0.120 e. The molecule has 2 heterocycles. The minimum atomic E-state index is 0.369. The van der Waals surface area contributed by atoms with Crippen molar-refractivity contribution in [2.75, 3.05) is 13.1 Å². The third-order valence-corrected chi connectivity index (χ3v) is 4.64. The fraction of sp³-hybridized carbons (Fsp3) is 0.462. The quantitative estimate of drug-likeness (QED) is 0.939. The fourth-order valence-corrected chi connectivity index (χ4v) is 3.35. The van der Waals surface area contributed by atoms with Crippen molar-refractivity contribution in [1.82, 2.24) is 10.3 Å². The molecule has 0 bridgehead atoms. The lowest BCUT2D eigenvalue weighted by Crippen LogP contribution is -2.32. The minimum absolute atomic E-state index is 0.369. The lowest BCUT2D eigenvalue weighted by atomic mass is 10.1. The van der Waals surface area contributed by atoms with Gasteiger partial charge in [0.2, 0.25) is 0 Å². The molecule has 0 amide bonds. The molecule has 1 aliphatic heterocycles. The molecular weight excluding hydrogens is 268 g/mol. The second-order valence-corrected chi connectivity index (χ2v) is 5.95. The highest BCUT2D eigenvalue weighted by Gasteiger charge is 2.14. The molecule has 5 heteroatoms. The van der Waals surface area contributed by atoms with E-state index in [-0.39, 0.29) is 0 Å². The van der Waals surface area contributed by atoms with Gasteiger partial charge in [-0.1, -0.05) is 17.7 Å². The van der Waals surface area contributed by atoms with E-state index >= 15 is 0 Å². The van der Waals surface area contributed by atoms with E-state index in [9.17, 15) is 0 Å². The number of rotatable bonds is 3. The van der Waals surface area contributed by atoms with Crippen LogP contribution in [0.25, 0.3) is 10.2 Å². The molecule has 0 unspecified atom stereocenters. The Bertz CT molecular complexity index is 537. The van der Waals surface area contributed by atoms with Crippen LogP contribution in [0, 0.1) is 0 Å². The number of piperidine rings is 1. The van der Waals surface area contributed by atoms with E-state index in [0.717, 1.165) is 46.2 Å². The van der Waals surface area contributed by atoms with Crippen LogP contribution in [0.4, 0.5) is 0 Å². The fourth-order valence-electron chi connectivity index (χ4n) is 2.17. The number of ether oxygens (including phenoxy) is 1. The van der Waals surface area contributed by atoms with Crippen LogP contribution < -0.4 is 5.32 Å². The molecule has 0 atom stereocenters. The van der Waals surface area contributed by atoms with Crippen LogP contribution in [0.1, 0.15) is 17.8 Å². The van der Waals surface area contributed by atoms with E-state index < -0.39 is 0 Å². The summed E-state index contributed by atoms with van der Waals surface area (Å²) in [6, 6.07) is 5.83. The van der Waals surface area contributed by atoms with Crippen LogP contribution in [0.15, 0.2) is 18.2 Å². The molecule has 1 fully saturated rings. The predicted molar refractivity (Wildman–Crippen MR) is 75.3 cm³/mol. The average molecular weight is 283 g/mol. The van der Waals surface area contributed by atoms with Gasteiger partial charge in [-0.3, -0.25) is 0 Å². The van der Waals surface area contributed by atoms with Crippen molar-refractivity contribution in [2.45, 2.75) is 25.6 Å². The number of fused-ring (bicyclic) bond motifs is 1. The van der Waals surface area contributed by atoms with Gasteiger partial charge in [-0.15, -0.1) is 11.3 Å². The van der Waals surface area contributed by atoms with Gasteiger partial charge in [0.25, 0.3) is 0 Å². The molecule has 96 valence electrons. The van der Waals surface area contributed by atoms with Gasteiger partial charge in [0.1, 0.15) is 5.01 Å². The molecule has 1 aromatic heterocycles. The van der Waals surface area contributed by atoms with Crippen molar-refractivity contribution in [2.24, 2.45) is 0 Å². The van der Waals surface area contributed by atoms with Gasteiger partial charge in [-0.25, -0.2) is 4.98 Å². The Hall–Kier alpha value is -0.680. The van der Waals surface area contributed by atoms with Crippen molar-refractivity contribution in [3.63, 3.8) is 0 Å². The van der Waals surface area contributed by atoms with Crippen LogP contribution >= 0.6 is 22.9 Å². The summed E-state index contributed by atoms with van der Waals surface area (Å²) in [5, 5.41) is 5.12. The summed E-state index contributed by atoms with van der Waals surface area (Å²) < 4.78 is 6.96. The number of hydrogen-bond acceptors (Lipinski definition) is 4. The van der Waals surface area contributed by atoms with Crippen molar-refractivity contribution < 1.29 is 4.74 Å². The van der Waals surface area contributed by atoms with E-state index in [0.29, 0.717) is 12.7 Å². The largest absolute Gasteiger partial charge is 0.371 e. The maximum atomic E-state index is 6.14. The molecule has 1 N–H and O–H groups in total. The second kappa shape index (κ2) is 5.53. The maximum Gasteiger partial charge on any atom is 0.120 e. The molecule has 1 aromatic carbocycles. The first-order valence-electron chi connectivity index (χ1n) is 6.19. The summed E-state index contributed by atoms with van der Waals surface area (Å²) in [6.07, 6.45) is 2.55. The number of halogens is 1. The Labute approximate surface area is 115 Å². The zero-order chi connectivity index (χ0) is 12.4. The van der Waals surface area contributed by atoms with Gasteiger partial charge in [0, 0.05) is 0 Å². The minimum Gasteiger partial charge on any atom is -0.371 e. The molecule has 3 nitrogen and oxygen atoms in total. The summed E-state index contributed by atoms with van der Waals surface area (Å²) in [5.41, 5.74) is 0.969. The number of benzene rings is 1. The first-order chi connectivity index (χ1) is 8.83. The van der Waals surface area contributed by atoms with Crippen LogP contribution in [-0.2, 0) is 11.3 Å². The number of thiazole rings is 1. The van der Waals surface area contributed by atoms with E-state index in [4.69, 9.17) is 16.3 Å². The van der Waals surface area contributed by atoms with E-state index in [2.05, 4.69) is 10.3 Å². The lowest BCUT2D eigenvalue weighted by molar-refractivity contribution is 0.0212. The Balaban J connectivity index is 1.69. The molecule has 0 aliphatic carbocycles. The number of nitrogens with zero attached hydrogens (tertiary/aromatic N) is 1. The van der Waals surface area contributed by atoms with Gasteiger partial charge in [0.05, 0.1) is 28.0 Å². The zero-order valence-electron chi connectivity index (χ0n) is 9.99. The first-order valence-corrected chi connectivity index (χ1v) is 7.38. The Morgan fingerprint density at radius 3 is 3.00 bits per heavy atom. The topological polar surface area (TPSA) is 34.1 Å². The van der Waals surface area contributed by atoms with E-state index in [1.807, 2.05) is 18.2 Å². The van der Waals surface area contributed by atoms with Gasteiger partial charge >= 0.3 is 0 Å². The summed E-state index contributed by atoms with van der Waals surface area (Å²) in [5.74, 6) is 0. The zero-order valence-corrected chi connectivity index (χ0v) is 11.6. The van der Waals surface area contributed by atoms with Crippen molar-refractivity contribution in [3.05, 3.63) is 28.2 Å². The van der Waals surface area contributed by atoms with Crippen molar-refractivity contribution in [3.8, 4) is 0 Å². The molecular formula is C13H15ClN2OS. The van der Waals surface area contributed by atoms with Gasteiger partial charge in [-0.2, -0.15) is 0 Å². The van der Waals surface area contributed by atoms with E-state index in [1.54, 1.807) is 11.3 Å². The molecule has 1 saturated heterocycles. The van der Waals surface area contributed by atoms with Crippen LogP contribution in [0.3, 0.4) is 0 Å². The average Bonchev–Trinajstić information content (AvgIpc) is 2.82. The SMILES string of the molecule is Clc1cccc2nc(COC3CCNCC3)sc12. The summed E-state index contributed by atoms with van der Waals surface area (Å²) in [7, 11) is 0. The summed E-state index contributed by atoms with van der Waals surface area (Å²) >= 11 is 7.77. The first kappa shape index (κ1) is 12.4. The molecule has 1 aliphatic rings. The highest BCUT2D eigenvalue weighted by Crippen LogP contribution is 2.29. The number of aromatic nitrogens is 1. The molecule has 2 aromatic rings. The third-order valence-electron chi connectivity index (χ3n) is 3.14. The Morgan fingerprint density at radius 2 is 2.22 bits per heavy atom. The maximum absolute atomic E-state index is 6.14. The molecule has 0 spiro atoms. The predicted octanol–water partition coefficient (Wildman–Crippen LogP) is 3.22. The van der Waals surface area contributed by atoms with Crippen molar-refractivity contribution >= 4 is 33.2 Å². The van der Waals surface area contributed by atoms with Gasteiger partial charge in [-0.05, 0) is 38.1 Å². The van der Waals surface area contributed by atoms with E-state index in [1.165, 1.54) is 0 Å². The van der Waals surface area contributed by atoms with Crippen LogP contribution in [0.5, 0.6) is 0 Å². The third kappa shape index (κ3) is 2.67. The monoisotopic (exact) mass is 282 g/mol. The van der Waals surface area contributed by atoms with Crippen LogP contribution in [0.2, 0.25) is 5.02 Å². The number of hydrogen-bond donors (Lipinski definition) is 1. The summed E-state index contributed by atoms with van der Waals surface area (Å²) in [4.78, 5) is 4.55. The highest BCUT2D eigenvalue weighted by molar-refractivity contribution is 7.19. The highest BCUT2D eigenvalue weighted by atomic mass is 35.5. The molecule has 0 radical (unpaired) electrons. The Morgan fingerprint density at radius 1 is 1.39 bits per heavy atom. The standard InChI is InChI=1S/C13H15ClN2OS/c14-10-2-1-3-11-13(10)18-12(16-11)8-17-9-4-6-15-7-5-9/h1-3,9,15H,4-8H2. The van der Waals surface area contributed by atoms with Gasteiger partial charge in [0.15, 0.2) is 0 Å². The van der Waals surface area contributed by atoms with Gasteiger partial charge < -0.3 is 10.1 Å². The molecule has 0 saturated carbocycles. The molecule has 3 rings (SSSR count). The normalized spacial score (nSPS) is 17.4. The Kier molecular flexibility index (Phi) is 3.80. The second-order valence-electron chi connectivity index (χ2n) is 4.46. The number of nitrogens with one attached hydrogen (secondary N) is 1.